The van der Waals surface area contributed by atoms with Crippen LogP contribution in [0.1, 0.15) is 26.3 Å². The summed E-state index contributed by atoms with van der Waals surface area (Å²) in [5, 5.41) is 9.74. The van der Waals surface area contributed by atoms with Crippen LogP contribution >= 0.6 is 0 Å². The summed E-state index contributed by atoms with van der Waals surface area (Å²) in [5.41, 5.74) is -0.272. The average molecular weight is 271 g/mol. The molecular formula is C13H21NO3S. The van der Waals surface area contributed by atoms with Crippen molar-refractivity contribution in [2.24, 2.45) is 0 Å². The van der Waals surface area contributed by atoms with Crippen LogP contribution in [-0.4, -0.2) is 36.5 Å². The van der Waals surface area contributed by atoms with Crippen LogP contribution in [0.15, 0.2) is 30.3 Å². The van der Waals surface area contributed by atoms with E-state index in [2.05, 4.69) is 0 Å². The van der Waals surface area contributed by atoms with Crippen LogP contribution in [0.4, 0.5) is 0 Å². The molecule has 0 spiro atoms. The van der Waals surface area contributed by atoms with Crippen molar-refractivity contribution in [3.8, 4) is 0 Å². The largest absolute Gasteiger partial charge is 0.389 e. The summed E-state index contributed by atoms with van der Waals surface area (Å²) in [6.07, 6.45) is 0. The van der Waals surface area contributed by atoms with E-state index in [-0.39, 0.29) is 12.3 Å². The number of hydrogen-bond acceptors (Lipinski definition) is 3. The Morgan fingerprint density at radius 3 is 2.22 bits per heavy atom. The summed E-state index contributed by atoms with van der Waals surface area (Å²) in [7, 11) is -3.39. The molecule has 0 aliphatic heterocycles. The molecule has 0 aliphatic carbocycles. The minimum absolute atomic E-state index is 0.0300. The molecule has 5 heteroatoms. The summed E-state index contributed by atoms with van der Waals surface area (Å²) in [6, 6.07) is 9.06. The van der Waals surface area contributed by atoms with Gasteiger partial charge in [-0.2, -0.15) is 4.31 Å². The second-order valence-electron chi connectivity index (χ2n) is 4.98. The fourth-order valence-electron chi connectivity index (χ4n) is 1.71. The van der Waals surface area contributed by atoms with Crippen LogP contribution in [-0.2, 0) is 15.8 Å². The van der Waals surface area contributed by atoms with Crippen molar-refractivity contribution in [2.75, 3.05) is 13.1 Å². The van der Waals surface area contributed by atoms with Crippen molar-refractivity contribution in [2.45, 2.75) is 32.1 Å². The Balaban J connectivity index is 2.84. The number of hydrogen-bond donors (Lipinski definition) is 1. The van der Waals surface area contributed by atoms with Gasteiger partial charge >= 0.3 is 0 Å². The zero-order chi connectivity index (χ0) is 13.8. The summed E-state index contributed by atoms with van der Waals surface area (Å²) in [4.78, 5) is 0. The molecule has 0 aliphatic rings. The second-order valence-corrected chi connectivity index (χ2v) is 6.95. The standard InChI is InChI=1S/C13H21NO3S/c1-4-14(11-13(2,3)15)18(16,17)10-12-8-6-5-7-9-12/h5-9,15H,4,10-11H2,1-3H3. The van der Waals surface area contributed by atoms with E-state index in [0.717, 1.165) is 5.56 Å². The van der Waals surface area contributed by atoms with Crippen LogP contribution in [0.5, 0.6) is 0 Å². The Morgan fingerprint density at radius 2 is 1.78 bits per heavy atom. The topological polar surface area (TPSA) is 57.6 Å². The molecule has 0 bridgehead atoms. The minimum Gasteiger partial charge on any atom is -0.389 e. The Bertz CT molecular complexity index is 463. The molecule has 1 aromatic carbocycles. The first kappa shape index (κ1) is 15.1. The molecular weight excluding hydrogens is 250 g/mol. The molecule has 0 heterocycles. The van der Waals surface area contributed by atoms with Gasteiger partial charge in [-0.3, -0.25) is 0 Å². The number of rotatable bonds is 6. The molecule has 0 fully saturated rings. The van der Waals surface area contributed by atoms with Gasteiger partial charge in [-0.1, -0.05) is 37.3 Å². The monoisotopic (exact) mass is 271 g/mol. The van der Waals surface area contributed by atoms with Crippen LogP contribution in [0.25, 0.3) is 0 Å². The van der Waals surface area contributed by atoms with Crippen LogP contribution in [0.2, 0.25) is 0 Å². The van der Waals surface area contributed by atoms with Crippen LogP contribution in [0.3, 0.4) is 0 Å². The molecule has 0 atom stereocenters. The molecule has 0 amide bonds. The molecule has 102 valence electrons. The van der Waals surface area contributed by atoms with Crippen molar-refractivity contribution in [1.29, 1.82) is 0 Å². The number of nitrogens with zero attached hydrogens (tertiary/aromatic N) is 1. The second kappa shape index (κ2) is 5.82. The first-order chi connectivity index (χ1) is 8.24. The summed E-state index contributed by atoms with van der Waals surface area (Å²) in [6.45, 7) is 5.45. The van der Waals surface area contributed by atoms with E-state index >= 15 is 0 Å². The molecule has 0 radical (unpaired) electrons. The molecule has 0 unspecified atom stereocenters. The quantitative estimate of drug-likeness (QED) is 0.855. The first-order valence-electron chi connectivity index (χ1n) is 5.99. The SMILES string of the molecule is CCN(CC(C)(C)O)S(=O)(=O)Cc1ccccc1. The van der Waals surface area contributed by atoms with Crippen LogP contribution in [0, 0.1) is 0 Å². The maximum atomic E-state index is 12.2. The van der Waals surface area contributed by atoms with Gasteiger partial charge in [-0.05, 0) is 19.4 Å². The zero-order valence-electron chi connectivity index (χ0n) is 11.1. The Kier molecular flexibility index (Phi) is 4.90. The summed E-state index contributed by atoms with van der Waals surface area (Å²) < 4.78 is 25.8. The molecule has 1 rings (SSSR count). The lowest BCUT2D eigenvalue weighted by molar-refractivity contribution is 0.0601. The van der Waals surface area contributed by atoms with Crippen LogP contribution < -0.4 is 0 Å². The van der Waals surface area contributed by atoms with E-state index in [9.17, 15) is 13.5 Å². The lowest BCUT2D eigenvalue weighted by atomic mass is 10.1. The van der Waals surface area contributed by atoms with Crippen molar-refractivity contribution in [3.63, 3.8) is 0 Å². The van der Waals surface area contributed by atoms with Gasteiger partial charge in [0.1, 0.15) is 0 Å². The highest BCUT2D eigenvalue weighted by Crippen LogP contribution is 2.14. The third-order valence-electron chi connectivity index (χ3n) is 2.50. The number of likely N-dealkylation sites (N-methyl/N-ethyl adjacent to an activating group) is 1. The molecule has 1 aromatic rings. The number of benzene rings is 1. The van der Waals surface area contributed by atoms with E-state index in [0.29, 0.717) is 6.54 Å². The van der Waals surface area contributed by atoms with E-state index in [1.165, 1.54) is 4.31 Å². The van der Waals surface area contributed by atoms with Gasteiger partial charge < -0.3 is 5.11 Å². The van der Waals surface area contributed by atoms with E-state index in [1.54, 1.807) is 32.9 Å². The minimum atomic E-state index is -3.39. The third-order valence-corrected chi connectivity index (χ3v) is 4.37. The highest BCUT2D eigenvalue weighted by Gasteiger charge is 2.26. The Labute approximate surface area is 109 Å². The predicted molar refractivity (Wildman–Crippen MR) is 72.6 cm³/mol. The van der Waals surface area contributed by atoms with Gasteiger partial charge in [0, 0.05) is 13.1 Å². The van der Waals surface area contributed by atoms with Gasteiger partial charge in [-0.25, -0.2) is 8.42 Å². The summed E-state index contributed by atoms with van der Waals surface area (Å²) >= 11 is 0. The molecule has 0 aromatic heterocycles. The van der Waals surface area contributed by atoms with Crippen molar-refractivity contribution >= 4 is 10.0 Å². The highest BCUT2D eigenvalue weighted by molar-refractivity contribution is 7.88. The van der Waals surface area contributed by atoms with E-state index < -0.39 is 15.6 Å². The van der Waals surface area contributed by atoms with Gasteiger partial charge in [0.05, 0.1) is 11.4 Å². The fraction of sp³-hybridized carbons (Fsp3) is 0.538. The Hall–Kier alpha value is -0.910. The number of aliphatic hydroxyl groups is 1. The van der Waals surface area contributed by atoms with Crippen molar-refractivity contribution < 1.29 is 13.5 Å². The average Bonchev–Trinajstić information content (AvgIpc) is 2.25. The molecule has 1 N–H and O–H groups in total. The number of sulfonamides is 1. The smallest absolute Gasteiger partial charge is 0.218 e. The predicted octanol–water partition coefficient (Wildman–Crippen LogP) is 1.61. The third kappa shape index (κ3) is 4.76. The fourth-order valence-corrected chi connectivity index (χ4v) is 3.42. The normalized spacial score (nSPS) is 12.9. The van der Waals surface area contributed by atoms with Crippen molar-refractivity contribution in [1.82, 2.24) is 4.31 Å². The van der Waals surface area contributed by atoms with E-state index in [4.69, 9.17) is 0 Å². The van der Waals surface area contributed by atoms with Gasteiger partial charge in [0.15, 0.2) is 0 Å². The molecule has 0 saturated heterocycles. The summed E-state index contributed by atoms with van der Waals surface area (Å²) in [5.74, 6) is -0.0300. The van der Waals surface area contributed by atoms with Crippen molar-refractivity contribution in [3.05, 3.63) is 35.9 Å². The molecule has 18 heavy (non-hydrogen) atoms. The first-order valence-corrected chi connectivity index (χ1v) is 7.59. The maximum Gasteiger partial charge on any atom is 0.218 e. The maximum absolute atomic E-state index is 12.2. The molecule has 0 saturated carbocycles. The lowest BCUT2D eigenvalue weighted by Gasteiger charge is -2.27. The highest BCUT2D eigenvalue weighted by atomic mass is 32.2. The van der Waals surface area contributed by atoms with Gasteiger partial charge in [-0.15, -0.1) is 0 Å². The molecule has 4 nitrogen and oxygen atoms in total. The lowest BCUT2D eigenvalue weighted by Crippen LogP contribution is -2.42. The van der Waals surface area contributed by atoms with Gasteiger partial charge in [0.25, 0.3) is 0 Å². The van der Waals surface area contributed by atoms with Gasteiger partial charge in [0.2, 0.25) is 10.0 Å². The van der Waals surface area contributed by atoms with E-state index in [1.807, 2.05) is 18.2 Å². The zero-order valence-corrected chi connectivity index (χ0v) is 11.9. The Morgan fingerprint density at radius 1 is 1.22 bits per heavy atom.